The highest BCUT2D eigenvalue weighted by Crippen LogP contribution is 2.31. The normalized spacial score (nSPS) is 14.0. The Kier molecular flexibility index (Phi) is 4.96. The average Bonchev–Trinajstić information content (AvgIpc) is 2.97. The molecule has 2 amide bonds. The first kappa shape index (κ1) is 17.7. The van der Waals surface area contributed by atoms with Gasteiger partial charge in [0.05, 0.1) is 17.1 Å². The van der Waals surface area contributed by atoms with E-state index in [1.54, 1.807) is 6.07 Å². The van der Waals surface area contributed by atoms with E-state index in [2.05, 4.69) is 20.8 Å². The van der Waals surface area contributed by atoms with Crippen LogP contribution in [0.5, 0.6) is 0 Å². The van der Waals surface area contributed by atoms with E-state index >= 15 is 0 Å². The van der Waals surface area contributed by atoms with Crippen LogP contribution in [0.1, 0.15) is 20.8 Å². The summed E-state index contributed by atoms with van der Waals surface area (Å²) in [6.45, 7) is 6.17. The monoisotopic (exact) mass is 377 g/mol. The van der Waals surface area contributed by atoms with Crippen molar-refractivity contribution in [1.82, 2.24) is 10.2 Å². The van der Waals surface area contributed by atoms with Gasteiger partial charge in [-0.15, -0.1) is 10.2 Å². The summed E-state index contributed by atoms with van der Waals surface area (Å²) in [5.74, 6) is -0.122. The van der Waals surface area contributed by atoms with E-state index in [1.165, 1.54) is 28.0 Å². The van der Waals surface area contributed by atoms with Gasteiger partial charge in [-0.1, -0.05) is 35.2 Å². The molecule has 2 aromatic rings. The van der Waals surface area contributed by atoms with E-state index in [-0.39, 0.29) is 29.7 Å². The predicted octanol–water partition coefficient (Wildman–Crippen LogP) is 2.83. The number of amides is 2. The highest BCUT2D eigenvalue weighted by molar-refractivity contribution is 8.01. The maximum absolute atomic E-state index is 12.6. The number of carbonyl (C=O) groups is 2. The summed E-state index contributed by atoms with van der Waals surface area (Å²) in [6.07, 6.45) is 0. The Hall–Kier alpha value is -2.13. The van der Waals surface area contributed by atoms with Crippen LogP contribution in [0.15, 0.2) is 28.6 Å². The lowest BCUT2D eigenvalue weighted by Gasteiger charge is -2.28. The number of carbonyl (C=O) groups excluding carboxylic acids is 2. The fourth-order valence-electron chi connectivity index (χ4n) is 2.30. The number of hydrogen-bond donors (Lipinski definition) is 2. The van der Waals surface area contributed by atoms with Crippen LogP contribution in [0, 0.1) is 0 Å². The number of anilines is 3. The van der Waals surface area contributed by atoms with Gasteiger partial charge in [0, 0.05) is 5.54 Å². The van der Waals surface area contributed by atoms with Gasteiger partial charge in [-0.05, 0) is 32.9 Å². The van der Waals surface area contributed by atoms with Crippen LogP contribution in [0.4, 0.5) is 16.5 Å². The molecule has 3 rings (SSSR count). The van der Waals surface area contributed by atoms with Gasteiger partial charge in [-0.3, -0.25) is 9.59 Å². The molecule has 1 aromatic carbocycles. The predicted molar refractivity (Wildman–Crippen MR) is 101 cm³/mol. The second kappa shape index (κ2) is 7.01. The molecule has 132 valence electrons. The van der Waals surface area contributed by atoms with Gasteiger partial charge in [0.1, 0.15) is 6.54 Å². The topological polar surface area (TPSA) is 87.2 Å². The molecular weight excluding hydrogens is 358 g/mol. The number of rotatable bonds is 4. The Morgan fingerprint density at radius 2 is 2.12 bits per heavy atom. The standard InChI is InChI=1S/C16H19N5O2S2/c1-16(2,3)18-14-19-20-15(25-14)24-9-13(23)21-8-12(22)17-10-6-4-5-7-11(10)21/h4-7H,8-9H2,1-3H3,(H,17,22)(H,18,19). The molecule has 0 saturated heterocycles. The third kappa shape index (κ3) is 4.49. The molecule has 0 atom stereocenters. The molecular formula is C16H19N5O2S2. The van der Waals surface area contributed by atoms with Crippen molar-refractivity contribution in [3.63, 3.8) is 0 Å². The fraction of sp³-hybridized carbons (Fsp3) is 0.375. The van der Waals surface area contributed by atoms with Crippen molar-refractivity contribution < 1.29 is 9.59 Å². The molecule has 7 nitrogen and oxygen atoms in total. The minimum Gasteiger partial charge on any atom is -0.355 e. The smallest absolute Gasteiger partial charge is 0.244 e. The zero-order valence-electron chi connectivity index (χ0n) is 14.2. The lowest BCUT2D eigenvalue weighted by Crippen LogP contribution is -2.43. The van der Waals surface area contributed by atoms with Gasteiger partial charge in [0.15, 0.2) is 4.34 Å². The molecule has 2 N–H and O–H groups in total. The van der Waals surface area contributed by atoms with E-state index in [9.17, 15) is 9.59 Å². The van der Waals surface area contributed by atoms with Crippen LogP contribution < -0.4 is 15.5 Å². The Labute approximate surface area is 154 Å². The van der Waals surface area contributed by atoms with Gasteiger partial charge in [0.2, 0.25) is 16.9 Å². The quantitative estimate of drug-likeness (QED) is 0.797. The Morgan fingerprint density at radius 3 is 2.88 bits per heavy atom. The van der Waals surface area contributed by atoms with Crippen molar-refractivity contribution in [3.8, 4) is 0 Å². The summed E-state index contributed by atoms with van der Waals surface area (Å²) < 4.78 is 0.717. The molecule has 0 saturated carbocycles. The van der Waals surface area contributed by atoms with Crippen molar-refractivity contribution in [1.29, 1.82) is 0 Å². The molecule has 0 aliphatic carbocycles. The molecule has 1 aliphatic heterocycles. The molecule has 9 heteroatoms. The van der Waals surface area contributed by atoms with Gasteiger partial charge in [-0.2, -0.15) is 0 Å². The molecule has 25 heavy (non-hydrogen) atoms. The maximum atomic E-state index is 12.6. The highest BCUT2D eigenvalue weighted by atomic mass is 32.2. The maximum Gasteiger partial charge on any atom is 0.244 e. The molecule has 0 fully saturated rings. The Balaban J connectivity index is 1.64. The van der Waals surface area contributed by atoms with E-state index < -0.39 is 0 Å². The Morgan fingerprint density at radius 1 is 1.36 bits per heavy atom. The molecule has 1 aromatic heterocycles. The zero-order valence-corrected chi connectivity index (χ0v) is 15.8. The van der Waals surface area contributed by atoms with E-state index in [0.29, 0.717) is 5.69 Å². The number of para-hydroxylation sites is 2. The van der Waals surface area contributed by atoms with Crippen molar-refractivity contribution >= 4 is 51.4 Å². The molecule has 2 heterocycles. The number of aromatic nitrogens is 2. The van der Waals surface area contributed by atoms with E-state index in [1.807, 2.05) is 39.0 Å². The first-order valence-corrected chi connectivity index (χ1v) is 9.56. The van der Waals surface area contributed by atoms with Gasteiger partial charge in [0.25, 0.3) is 0 Å². The van der Waals surface area contributed by atoms with Gasteiger partial charge in [-0.25, -0.2) is 0 Å². The van der Waals surface area contributed by atoms with E-state index in [4.69, 9.17) is 0 Å². The minimum absolute atomic E-state index is 0.0311. The lowest BCUT2D eigenvalue weighted by atomic mass is 10.1. The van der Waals surface area contributed by atoms with Crippen molar-refractivity contribution in [3.05, 3.63) is 24.3 Å². The molecule has 0 unspecified atom stereocenters. The molecule has 0 spiro atoms. The van der Waals surface area contributed by atoms with Gasteiger partial charge >= 0.3 is 0 Å². The molecule has 0 bridgehead atoms. The second-order valence-corrected chi connectivity index (χ2v) is 8.78. The zero-order chi connectivity index (χ0) is 18.0. The Bertz CT molecular complexity index is 800. The number of nitrogens with zero attached hydrogens (tertiary/aromatic N) is 3. The summed E-state index contributed by atoms with van der Waals surface area (Å²) in [6, 6.07) is 7.29. The number of benzene rings is 1. The van der Waals surface area contributed by atoms with Crippen molar-refractivity contribution in [2.45, 2.75) is 30.6 Å². The molecule has 1 aliphatic rings. The third-order valence-electron chi connectivity index (χ3n) is 3.28. The summed E-state index contributed by atoms with van der Waals surface area (Å²) in [4.78, 5) is 25.9. The SMILES string of the molecule is CC(C)(C)Nc1nnc(SCC(=O)N2CC(=O)Nc3ccccc32)s1. The van der Waals surface area contributed by atoms with Crippen LogP contribution in [-0.2, 0) is 9.59 Å². The third-order valence-corrected chi connectivity index (χ3v) is 5.24. The fourth-order valence-corrected chi connectivity index (χ4v) is 4.13. The summed E-state index contributed by atoms with van der Waals surface area (Å²) in [5, 5.41) is 14.9. The number of hydrogen-bond acceptors (Lipinski definition) is 7. The van der Waals surface area contributed by atoms with Crippen LogP contribution in [0.25, 0.3) is 0 Å². The lowest BCUT2D eigenvalue weighted by molar-refractivity contribution is -0.120. The highest BCUT2D eigenvalue weighted by Gasteiger charge is 2.26. The second-order valence-electron chi connectivity index (χ2n) is 6.58. The van der Waals surface area contributed by atoms with Crippen LogP contribution in [0.2, 0.25) is 0 Å². The molecule has 0 radical (unpaired) electrons. The van der Waals surface area contributed by atoms with Crippen LogP contribution in [-0.4, -0.2) is 39.8 Å². The number of nitrogens with one attached hydrogen (secondary N) is 2. The number of fused-ring (bicyclic) bond motifs is 1. The minimum atomic E-state index is -0.190. The van der Waals surface area contributed by atoms with Crippen molar-refractivity contribution in [2.24, 2.45) is 0 Å². The number of thioether (sulfide) groups is 1. The van der Waals surface area contributed by atoms with E-state index in [0.717, 1.165) is 15.2 Å². The summed E-state index contributed by atoms with van der Waals surface area (Å²) >= 11 is 2.74. The summed E-state index contributed by atoms with van der Waals surface area (Å²) in [5.41, 5.74) is 1.28. The van der Waals surface area contributed by atoms with Gasteiger partial charge < -0.3 is 15.5 Å². The first-order chi connectivity index (χ1) is 11.8. The average molecular weight is 377 g/mol. The first-order valence-electron chi connectivity index (χ1n) is 7.75. The van der Waals surface area contributed by atoms with Crippen LogP contribution >= 0.6 is 23.1 Å². The summed E-state index contributed by atoms with van der Waals surface area (Å²) in [7, 11) is 0. The van der Waals surface area contributed by atoms with Crippen LogP contribution in [0.3, 0.4) is 0 Å². The largest absolute Gasteiger partial charge is 0.355 e. The van der Waals surface area contributed by atoms with Crippen molar-refractivity contribution in [2.75, 3.05) is 27.8 Å².